The molecule has 0 amide bonds. The largest absolute Gasteiger partial charge is 0.206 e. The molecule has 0 saturated heterocycles. The SMILES string of the molecule is Cc1ccc(-c2ccc(-c3ccc(Cl)cc3)cc2F)cc1. The lowest BCUT2D eigenvalue weighted by Crippen LogP contribution is -1.87. The summed E-state index contributed by atoms with van der Waals surface area (Å²) < 4.78 is 14.4. The monoisotopic (exact) mass is 296 g/mol. The number of rotatable bonds is 2. The van der Waals surface area contributed by atoms with E-state index in [9.17, 15) is 4.39 Å². The van der Waals surface area contributed by atoms with Gasteiger partial charge in [-0.2, -0.15) is 0 Å². The summed E-state index contributed by atoms with van der Waals surface area (Å²) in [7, 11) is 0. The van der Waals surface area contributed by atoms with Crippen molar-refractivity contribution in [2.75, 3.05) is 0 Å². The third-order valence-corrected chi connectivity index (χ3v) is 3.76. The van der Waals surface area contributed by atoms with Crippen LogP contribution in [0.15, 0.2) is 66.7 Å². The molecule has 2 heteroatoms. The maximum absolute atomic E-state index is 14.4. The van der Waals surface area contributed by atoms with Gasteiger partial charge in [0.05, 0.1) is 0 Å². The minimum atomic E-state index is -0.216. The molecule has 0 spiro atoms. The Morgan fingerprint density at radius 2 is 1.29 bits per heavy atom. The van der Waals surface area contributed by atoms with E-state index in [-0.39, 0.29) is 5.82 Å². The van der Waals surface area contributed by atoms with Crippen LogP contribution in [-0.2, 0) is 0 Å². The molecule has 0 radical (unpaired) electrons. The summed E-state index contributed by atoms with van der Waals surface area (Å²) in [6, 6.07) is 20.6. The molecule has 3 aromatic rings. The number of halogens is 2. The van der Waals surface area contributed by atoms with Crippen molar-refractivity contribution < 1.29 is 4.39 Å². The molecule has 0 fully saturated rings. The molecule has 0 nitrogen and oxygen atoms in total. The van der Waals surface area contributed by atoms with Crippen LogP contribution in [0.5, 0.6) is 0 Å². The number of aryl methyl sites for hydroxylation is 1. The Balaban J connectivity index is 1.99. The second kappa shape index (κ2) is 5.71. The molecule has 0 atom stereocenters. The van der Waals surface area contributed by atoms with E-state index in [0.29, 0.717) is 10.6 Å². The Bertz CT molecular complexity index is 759. The molecule has 0 saturated carbocycles. The molecule has 0 aliphatic heterocycles. The van der Waals surface area contributed by atoms with Crippen molar-refractivity contribution in [2.24, 2.45) is 0 Å². The van der Waals surface area contributed by atoms with Crippen LogP contribution in [0, 0.1) is 12.7 Å². The van der Waals surface area contributed by atoms with Gasteiger partial charge in [-0.15, -0.1) is 0 Å². The Labute approximate surface area is 128 Å². The molecule has 0 aromatic heterocycles. The van der Waals surface area contributed by atoms with Crippen molar-refractivity contribution in [3.05, 3.63) is 83.1 Å². The molecular weight excluding hydrogens is 283 g/mol. The van der Waals surface area contributed by atoms with Crippen molar-refractivity contribution in [3.63, 3.8) is 0 Å². The van der Waals surface area contributed by atoms with Gasteiger partial charge in [-0.3, -0.25) is 0 Å². The topological polar surface area (TPSA) is 0 Å². The molecule has 0 aliphatic rings. The average Bonchev–Trinajstić information content (AvgIpc) is 2.49. The van der Waals surface area contributed by atoms with Crippen molar-refractivity contribution in [1.29, 1.82) is 0 Å². The first-order chi connectivity index (χ1) is 10.1. The maximum atomic E-state index is 14.4. The first-order valence-electron chi connectivity index (χ1n) is 6.76. The van der Waals surface area contributed by atoms with Crippen LogP contribution in [0.1, 0.15) is 5.56 Å². The molecule has 0 aliphatic carbocycles. The van der Waals surface area contributed by atoms with Crippen LogP contribution < -0.4 is 0 Å². The fraction of sp³-hybridized carbons (Fsp3) is 0.0526. The van der Waals surface area contributed by atoms with Gasteiger partial charge in [0.15, 0.2) is 0 Å². The van der Waals surface area contributed by atoms with Crippen molar-refractivity contribution in [2.45, 2.75) is 6.92 Å². The van der Waals surface area contributed by atoms with Crippen LogP contribution in [0.25, 0.3) is 22.3 Å². The van der Waals surface area contributed by atoms with E-state index >= 15 is 0 Å². The first kappa shape index (κ1) is 13.8. The predicted octanol–water partition coefficient (Wildman–Crippen LogP) is 6.12. The Kier molecular flexibility index (Phi) is 3.76. The normalized spacial score (nSPS) is 10.6. The molecule has 21 heavy (non-hydrogen) atoms. The number of hydrogen-bond donors (Lipinski definition) is 0. The lowest BCUT2D eigenvalue weighted by atomic mass is 9.99. The van der Waals surface area contributed by atoms with Crippen LogP contribution in [-0.4, -0.2) is 0 Å². The molecule has 0 bridgehead atoms. The van der Waals surface area contributed by atoms with E-state index in [1.165, 1.54) is 0 Å². The van der Waals surface area contributed by atoms with Gasteiger partial charge in [-0.1, -0.05) is 65.7 Å². The van der Waals surface area contributed by atoms with Crippen LogP contribution in [0.2, 0.25) is 5.02 Å². The summed E-state index contributed by atoms with van der Waals surface area (Å²) in [5, 5.41) is 0.676. The van der Waals surface area contributed by atoms with Crippen LogP contribution in [0.4, 0.5) is 4.39 Å². The lowest BCUT2D eigenvalue weighted by molar-refractivity contribution is 0.632. The van der Waals surface area contributed by atoms with Gasteiger partial charge in [-0.25, -0.2) is 4.39 Å². The third kappa shape index (κ3) is 2.98. The van der Waals surface area contributed by atoms with E-state index in [2.05, 4.69) is 0 Å². The molecular formula is C19H14ClF. The van der Waals surface area contributed by atoms with E-state index < -0.39 is 0 Å². The predicted molar refractivity (Wildman–Crippen MR) is 87.0 cm³/mol. The fourth-order valence-corrected chi connectivity index (χ4v) is 2.43. The summed E-state index contributed by atoms with van der Waals surface area (Å²) in [5.41, 5.74) is 4.47. The standard InChI is InChI=1S/C19H14ClF/c1-13-2-4-15(5-3-13)18-11-8-16(12-19(18)21)14-6-9-17(20)10-7-14/h2-12H,1H3. The minimum Gasteiger partial charge on any atom is -0.206 e. The van der Waals surface area contributed by atoms with Crippen molar-refractivity contribution in [3.8, 4) is 22.3 Å². The summed E-state index contributed by atoms with van der Waals surface area (Å²) in [6.45, 7) is 2.02. The van der Waals surface area contributed by atoms with Gasteiger partial charge in [-0.05, 0) is 41.8 Å². The molecule has 0 unspecified atom stereocenters. The molecule has 0 heterocycles. The van der Waals surface area contributed by atoms with Gasteiger partial charge in [0.25, 0.3) is 0 Å². The van der Waals surface area contributed by atoms with Crippen LogP contribution >= 0.6 is 11.6 Å². The van der Waals surface area contributed by atoms with Gasteiger partial charge < -0.3 is 0 Å². The van der Waals surface area contributed by atoms with Gasteiger partial charge in [0, 0.05) is 10.6 Å². The second-order valence-corrected chi connectivity index (χ2v) is 5.50. The Morgan fingerprint density at radius 1 is 0.714 bits per heavy atom. The van der Waals surface area contributed by atoms with E-state index in [1.807, 2.05) is 67.6 Å². The zero-order valence-electron chi connectivity index (χ0n) is 11.6. The zero-order valence-corrected chi connectivity index (χ0v) is 12.4. The molecule has 104 valence electrons. The van der Waals surface area contributed by atoms with E-state index in [1.54, 1.807) is 6.07 Å². The van der Waals surface area contributed by atoms with Gasteiger partial charge in [0.1, 0.15) is 5.82 Å². The minimum absolute atomic E-state index is 0.216. The second-order valence-electron chi connectivity index (χ2n) is 5.07. The number of hydrogen-bond acceptors (Lipinski definition) is 0. The van der Waals surface area contributed by atoms with Crippen LogP contribution in [0.3, 0.4) is 0 Å². The van der Waals surface area contributed by atoms with E-state index in [0.717, 1.165) is 22.3 Å². The van der Waals surface area contributed by atoms with Crippen molar-refractivity contribution in [1.82, 2.24) is 0 Å². The smallest absolute Gasteiger partial charge is 0.131 e. The number of benzene rings is 3. The summed E-state index contributed by atoms with van der Waals surface area (Å²) in [4.78, 5) is 0. The zero-order chi connectivity index (χ0) is 14.8. The molecule has 3 aromatic carbocycles. The highest BCUT2D eigenvalue weighted by atomic mass is 35.5. The summed E-state index contributed by atoms with van der Waals surface area (Å²) in [5.74, 6) is -0.216. The lowest BCUT2D eigenvalue weighted by Gasteiger charge is -2.07. The summed E-state index contributed by atoms with van der Waals surface area (Å²) in [6.07, 6.45) is 0. The summed E-state index contributed by atoms with van der Waals surface area (Å²) >= 11 is 5.87. The maximum Gasteiger partial charge on any atom is 0.131 e. The highest BCUT2D eigenvalue weighted by Crippen LogP contribution is 2.28. The first-order valence-corrected chi connectivity index (χ1v) is 7.14. The fourth-order valence-electron chi connectivity index (χ4n) is 2.30. The third-order valence-electron chi connectivity index (χ3n) is 3.51. The Hall–Kier alpha value is -2.12. The molecule has 3 rings (SSSR count). The van der Waals surface area contributed by atoms with Gasteiger partial charge >= 0.3 is 0 Å². The Morgan fingerprint density at radius 3 is 1.90 bits per heavy atom. The van der Waals surface area contributed by atoms with E-state index in [4.69, 9.17) is 11.6 Å². The van der Waals surface area contributed by atoms with Crippen molar-refractivity contribution >= 4 is 11.6 Å². The highest BCUT2D eigenvalue weighted by Gasteiger charge is 2.07. The molecule has 0 N–H and O–H groups in total. The average molecular weight is 297 g/mol. The van der Waals surface area contributed by atoms with Gasteiger partial charge in [0.2, 0.25) is 0 Å². The quantitative estimate of drug-likeness (QED) is 0.534. The highest BCUT2D eigenvalue weighted by molar-refractivity contribution is 6.30.